The summed E-state index contributed by atoms with van der Waals surface area (Å²) in [5.41, 5.74) is 1.14. The van der Waals surface area contributed by atoms with Crippen LogP contribution in [0.4, 0.5) is 0 Å². The fourth-order valence-electron chi connectivity index (χ4n) is 4.42. The number of hydrogen-bond donors (Lipinski definition) is 1. The predicted molar refractivity (Wildman–Crippen MR) is 140 cm³/mol. The van der Waals surface area contributed by atoms with Gasteiger partial charge in [0.1, 0.15) is 5.75 Å². The fourth-order valence-corrected chi connectivity index (χ4v) is 5.15. The molecule has 3 heterocycles. The normalized spacial score (nSPS) is 13.1. The summed E-state index contributed by atoms with van der Waals surface area (Å²) in [6.45, 7) is 14.3. The molecule has 4 aromatic rings. The van der Waals surface area contributed by atoms with Gasteiger partial charge in [0, 0.05) is 34.4 Å². The maximum absolute atomic E-state index is 13.1. The van der Waals surface area contributed by atoms with Crippen molar-refractivity contribution in [1.82, 2.24) is 30.1 Å². The molecule has 0 aliphatic rings. The molecule has 0 saturated heterocycles. The number of rotatable bonds is 9. The Morgan fingerprint density at radius 1 is 1.17 bits per heavy atom. The maximum Gasteiger partial charge on any atom is 0.252 e. The lowest BCUT2D eigenvalue weighted by molar-refractivity contribution is 0.121. The zero-order valence-corrected chi connectivity index (χ0v) is 22.1. The highest BCUT2D eigenvalue weighted by atomic mass is 32.1. The molecular formula is C26H34N6O2S. The molecule has 0 unspecified atom stereocenters. The zero-order chi connectivity index (χ0) is 25.2. The molecule has 0 aliphatic carbocycles. The highest BCUT2D eigenvalue weighted by Crippen LogP contribution is 2.33. The molecule has 186 valence electrons. The summed E-state index contributed by atoms with van der Waals surface area (Å²) in [7, 11) is 0. The predicted octanol–water partition coefficient (Wildman–Crippen LogP) is 5.13. The van der Waals surface area contributed by atoms with Gasteiger partial charge in [0.05, 0.1) is 18.2 Å². The third-order valence-electron chi connectivity index (χ3n) is 5.93. The summed E-state index contributed by atoms with van der Waals surface area (Å²) in [6.07, 6.45) is 0. The van der Waals surface area contributed by atoms with E-state index in [-0.39, 0.29) is 23.1 Å². The standard InChI is InChI=1S/C26H34N6O2S/c1-7-34-20-10-11-22-18(14-20)13-19(25(33)27-22)15-31(16-21-9-8-12-35-21)23(17(2)3)24-28-29-30-32(24)26(4,5)6/h8-14,17,23H,7,15-16H2,1-6H3,(H,27,33)/t23-/m1/s1. The Balaban J connectivity index is 1.78. The Morgan fingerprint density at radius 2 is 1.97 bits per heavy atom. The van der Waals surface area contributed by atoms with Gasteiger partial charge < -0.3 is 9.72 Å². The van der Waals surface area contributed by atoms with E-state index in [1.165, 1.54) is 4.88 Å². The Labute approximate surface area is 209 Å². The summed E-state index contributed by atoms with van der Waals surface area (Å²) >= 11 is 1.71. The van der Waals surface area contributed by atoms with Gasteiger partial charge in [-0.1, -0.05) is 19.9 Å². The van der Waals surface area contributed by atoms with E-state index in [1.807, 2.05) is 35.9 Å². The highest BCUT2D eigenvalue weighted by molar-refractivity contribution is 7.09. The minimum absolute atomic E-state index is 0.0869. The number of nitrogens with zero attached hydrogens (tertiary/aromatic N) is 5. The van der Waals surface area contributed by atoms with Crippen molar-refractivity contribution in [2.75, 3.05) is 6.61 Å². The minimum atomic E-state index is -0.267. The van der Waals surface area contributed by atoms with E-state index in [9.17, 15) is 4.79 Å². The van der Waals surface area contributed by atoms with E-state index in [1.54, 1.807) is 11.3 Å². The number of fused-ring (bicyclic) bond motifs is 1. The first kappa shape index (κ1) is 25.1. The zero-order valence-electron chi connectivity index (χ0n) is 21.3. The first-order chi connectivity index (χ1) is 16.7. The van der Waals surface area contributed by atoms with Crippen molar-refractivity contribution < 1.29 is 4.74 Å². The van der Waals surface area contributed by atoms with Crippen LogP contribution in [0.25, 0.3) is 10.9 Å². The van der Waals surface area contributed by atoms with Crippen molar-refractivity contribution in [3.8, 4) is 5.75 Å². The summed E-state index contributed by atoms with van der Waals surface area (Å²) in [5, 5.41) is 15.8. The van der Waals surface area contributed by atoms with Crippen LogP contribution in [0.2, 0.25) is 0 Å². The summed E-state index contributed by atoms with van der Waals surface area (Å²) in [5.74, 6) is 1.81. The second-order valence-electron chi connectivity index (χ2n) is 10.1. The molecular weight excluding hydrogens is 460 g/mol. The van der Waals surface area contributed by atoms with Crippen LogP contribution in [0.1, 0.15) is 63.8 Å². The van der Waals surface area contributed by atoms with E-state index in [4.69, 9.17) is 4.74 Å². The van der Waals surface area contributed by atoms with Crippen molar-refractivity contribution in [3.05, 3.63) is 68.4 Å². The van der Waals surface area contributed by atoms with Gasteiger partial charge in [-0.2, -0.15) is 0 Å². The van der Waals surface area contributed by atoms with Crippen molar-refractivity contribution in [2.45, 2.75) is 66.2 Å². The molecule has 0 spiro atoms. The van der Waals surface area contributed by atoms with E-state index in [0.29, 0.717) is 25.3 Å². The van der Waals surface area contributed by atoms with Crippen molar-refractivity contribution in [1.29, 1.82) is 0 Å². The number of nitrogens with one attached hydrogen (secondary N) is 1. The van der Waals surface area contributed by atoms with Gasteiger partial charge in [-0.15, -0.1) is 16.4 Å². The molecule has 0 fully saturated rings. The van der Waals surface area contributed by atoms with Gasteiger partial charge in [0.25, 0.3) is 5.56 Å². The lowest BCUT2D eigenvalue weighted by atomic mass is 9.99. The Kier molecular flexibility index (Phi) is 7.37. The van der Waals surface area contributed by atoms with E-state index in [0.717, 1.165) is 22.5 Å². The second-order valence-corrected chi connectivity index (χ2v) is 11.1. The maximum atomic E-state index is 13.1. The van der Waals surface area contributed by atoms with Gasteiger partial charge in [-0.25, -0.2) is 4.68 Å². The molecule has 0 saturated carbocycles. The molecule has 8 nitrogen and oxygen atoms in total. The third-order valence-corrected chi connectivity index (χ3v) is 6.80. The van der Waals surface area contributed by atoms with E-state index in [2.05, 4.69) is 77.5 Å². The van der Waals surface area contributed by atoms with Crippen LogP contribution < -0.4 is 10.3 Å². The lowest BCUT2D eigenvalue weighted by Crippen LogP contribution is -2.37. The fraction of sp³-hybridized carbons (Fsp3) is 0.462. The summed E-state index contributed by atoms with van der Waals surface area (Å²) in [4.78, 5) is 19.7. The molecule has 0 amide bonds. The first-order valence-corrected chi connectivity index (χ1v) is 12.9. The molecule has 0 bridgehead atoms. The van der Waals surface area contributed by atoms with E-state index >= 15 is 0 Å². The number of tetrazole rings is 1. The smallest absolute Gasteiger partial charge is 0.252 e. The van der Waals surface area contributed by atoms with Crippen LogP contribution in [0, 0.1) is 5.92 Å². The van der Waals surface area contributed by atoms with Crippen LogP contribution in [0.3, 0.4) is 0 Å². The molecule has 1 N–H and O–H groups in total. The number of aromatic nitrogens is 5. The monoisotopic (exact) mass is 494 g/mol. The number of benzene rings is 1. The first-order valence-electron chi connectivity index (χ1n) is 12.0. The van der Waals surface area contributed by atoms with Crippen LogP contribution in [0.5, 0.6) is 5.75 Å². The van der Waals surface area contributed by atoms with Crippen molar-refractivity contribution >= 4 is 22.2 Å². The van der Waals surface area contributed by atoms with Crippen LogP contribution in [0.15, 0.2) is 46.6 Å². The molecule has 1 atom stereocenters. The van der Waals surface area contributed by atoms with Crippen LogP contribution in [-0.4, -0.2) is 36.7 Å². The molecule has 1 aromatic carbocycles. The number of hydrogen-bond acceptors (Lipinski definition) is 7. The Bertz CT molecular complexity index is 1320. The number of pyridine rings is 1. The lowest BCUT2D eigenvalue weighted by Gasteiger charge is -2.34. The van der Waals surface area contributed by atoms with Crippen molar-refractivity contribution in [2.24, 2.45) is 5.92 Å². The third kappa shape index (κ3) is 5.62. The van der Waals surface area contributed by atoms with Gasteiger partial charge in [0.2, 0.25) is 0 Å². The summed E-state index contributed by atoms with van der Waals surface area (Å²) in [6, 6.07) is 11.8. The average Bonchev–Trinajstić information content (AvgIpc) is 3.47. The number of ether oxygens (including phenoxy) is 1. The Morgan fingerprint density at radius 3 is 2.63 bits per heavy atom. The molecule has 35 heavy (non-hydrogen) atoms. The molecule has 4 rings (SSSR count). The largest absolute Gasteiger partial charge is 0.494 e. The number of thiophene rings is 1. The highest BCUT2D eigenvalue weighted by Gasteiger charge is 2.33. The average molecular weight is 495 g/mol. The topological polar surface area (TPSA) is 88.9 Å². The number of aromatic amines is 1. The van der Waals surface area contributed by atoms with Gasteiger partial charge in [-0.05, 0) is 79.8 Å². The van der Waals surface area contributed by atoms with Gasteiger partial charge in [-0.3, -0.25) is 9.69 Å². The van der Waals surface area contributed by atoms with Gasteiger partial charge >= 0.3 is 0 Å². The minimum Gasteiger partial charge on any atom is -0.494 e. The SMILES string of the molecule is CCOc1ccc2[nH]c(=O)c(CN(Cc3cccs3)[C@@H](c3nnnn3C(C)(C)C)C(C)C)cc2c1. The molecule has 0 aliphatic heterocycles. The van der Waals surface area contributed by atoms with Crippen LogP contribution in [-0.2, 0) is 18.6 Å². The quantitative estimate of drug-likeness (QED) is 0.347. The molecule has 9 heteroatoms. The second kappa shape index (κ2) is 10.3. The Hall–Kier alpha value is -3.04. The summed E-state index contributed by atoms with van der Waals surface area (Å²) < 4.78 is 7.57. The van der Waals surface area contributed by atoms with E-state index < -0.39 is 0 Å². The van der Waals surface area contributed by atoms with Crippen molar-refractivity contribution in [3.63, 3.8) is 0 Å². The van der Waals surface area contributed by atoms with Gasteiger partial charge in [0.15, 0.2) is 5.82 Å². The molecule has 3 aromatic heterocycles. The van der Waals surface area contributed by atoms with Crippen LogP contribution >= 0.6 is 11.3 Å². The number of H-pyrrole nitrogens is 1. The molecule has 0 radical (unpaired) electrons.